The van der Waals surface area contributed by atoms with E-state index in [4.69, 9.17) is 4.74 Å². The summed E-state index contributed by atoms with van der Waals surface area (Å²) in [5.74, 6) is 0. The monoisotopic (exact) mass is 150 g/mol. The highest BCUT2D eigenvalue weighted by Crippen LogP contribution is 2.16. The molecule has 2 nitrogen and oxygen atoms in total. The lowest BCUT2D eigenvalue weighted by molar-refractivity contribution is -0.694. The van der Waals surface area contributed by atoms with Crippen LogP contribution in [0.25, 0.3) is 0 Å². The van der Waals surface area contributed by atoms with Gasteiger partial charge in [0.15, 0.2) is 12.4 Å². The van der Waals surface area contributed by atoms with E-state index in [0.29, 0.717) is 0 Å². The quantitative estimate of drug-likeness (QED) is 0.545. The van der Waals surface area contributed by atoms with Crippen LogP contribution >= 0.6 is 0 Å². The largest absolute Gasteiger partial charge is 0.372 e. The van der Waals surface area contributed by atoms with Crippen molar-refractivity contribution in [2.75, 3.05) is 0 Å². The first-order valence-corrected chi connectivity index (χ1v) is 3.98. The Hall–Kier alpha value is -0.890. The van der Waals surface area contributed by atoms with Crippen LogP contribution in [-0.2, 0) is 24.5 Å². The Morgan fingerprint density at radius 2 is 2.27 bits per heavy atom. The Balaban J connectivity index is 2.41. The van der Waals surface area contributed by atoms with E-state index in [1.807, 2.05) is 0 Å². The van der Waals surface area contributed by atoms with Crippen LogP contribution in [0.3, 0.4) is 0 Å². The van der Waals surface area contributed by atoms with Gasteiger partial charge in [-0.2, -0.15) is 0 Å². The van der Waals surface area contributed by atoms with E-state index in [-0.39, 0.29) is 0 Å². The van der Waals surface area contributed by atoms with Gasteiger partial charge in [-0.1, -0.05) is 0 Å². The predicted molar refractivity (Wildman–Crippen MR) is 40.8 cm³/mol. The second kappa shape index (κ2) is 2.62. The maximum Gasteiger partial charge on any atom is 0.174 e. The lowest BCUT2D eigenvalue weighted by Gasteiger charge is -1.94. The summed E-state index contributed by atoms with van der Waals surface area (Å²) in [6.07, 6.45) is 4.27. The van der Waals surface area contributed by atoms with E-state index < -0.39 is 0 Å². The summed E-state index contributed by atoms with van der Waals surface area (Å²) in [6.45, 7) is 4.76. The molecule has 1 aliphatic rings. The van der Waals surface area contributed by atoms with Crippen LogP contribution in [0, 0.1) is 0 Å². The van der Waals surface area contributed by atoms with E-state index in [2.05, 4.69) is 30.0 Å². The molecule has 58 valence electrons. The smallest absolute Gasteiger partial charge is 0.174 e. The van der Waals surface area contributed by atoms with Gasteiger partial charge in [0.2, 0.25) is 0 Å². The summed E-state index contributed by atoms with van der Waals surface area (Å²) in [5, 5.41) is 0. The third-order valence-corrected chi connectivity index (χ3v) is 2.08. The van der Waals surface area contributed by atoms with Crippen molar-refractivity contribution in [1.82, 2.24) is 0 Å². The molecule has 0 aromatic carbocycles. The second-order valence-electron chi connectivity index (χ2n) is 2.82. The minimum Gasteiger partial charge on any atom is -0.372 e. The topological polar surface area (TPSA) is 13.1 Å². The third kappa shape index (κ3) is 1.14. The van der Waals surface area contributed by atoms with Gasteiger partial charge in [-0.15, -0.1) is 0 Å². The van der Waals surface area contributed by atoms with E-state index in [9.17, 15) is 0 Å². The van der Waals surface area contributed by atoms with Gasteiger partial charge in [0, 0.05) is 11.6 Å². The Labute approximate surface area is 66.4 Å². The first-order valence-electron chi connectivity index (χ1n) is 3.98. The maximum atomic E-state index is 5.30. The van der Waals surface area contributed by atoms with Crippen molar-refractivity contribution in [2.24, 2.45) is 0 Å². The van der Waals surface area contributed by atoms with Crippen LogP contribution < -0.4 is 4.57 Å². The lowest BCUT2D eigenvalue weighted by atomic mass is 10.2. The van der Waals surface area contributed by atoms with Gasteiger partial charge in [0.05, 0.1) is 13.2 Å². The summed E-state index contributed by atoms with van der Waals surface area (Å²) < 4.78 is 7.48. The summed E-state index contributed by atoms with van der Waals surface area (Å²) in [7, 11) is 0. The molecule has 2 rings (SSSR count). The van der Waals surface area contributed by atoms with Crippen LogP contribution in [-0.4, -0.2) is 0 Å². The summed E-state index contributed by atoms with van der Waals surface area (Å²) in [5.41, 5.74) is 2.68. The molecule has 1 aliphatic heterocycles. The first-order chi connectivity index (χ1) is 5.40. The Morgan fingerprint density at radius 3 is 3.09 bits per heavy atom. The summed E-state index contributed by atoms with van der Waals surface area (Å²) in [6, 6.07) is 2.14. The zero-order chi connectivity index (χ0) is 7.68. The summed E-state index contributed by atoms with van der Waals surface area (Å²) in [4.78, 5) is 0. The van der Waals surface area contributed by atoms with Gasteiger partial charge in [-0.3, -0.25) is 0 Å². The van der Waals surface area contributed by atoms with E-state index in [1.54, 1.807) is 0 Å². The van der Waals surface area contributed by atoms with Crippen molar-refractivity contribution in [1.29, 1.82) is 0 Å². The molecule has 0 atom stereocenters. The van der Waals surface area contributed by atoms with E-state index in [0.717, 1.165) is 19.8 Å². The van der Waals surface area contributed by atoms with Gasteiger partial charge >= 0.3 is 0 Å². The number of pyridine rings is 1. The predicted octanol–water partition coefficient (Wildman–Crippen LogP) is 1.02. The first kappa shape index (κ1) is 6.80. The molecule has 0 amide bonds. The van der Waals surface area contributed by atoms with Crippen LogP contribution in [0.15, 0.2) is 18.5 Å². The highest BCUT2D eigenvalue weighted by atomic mass is 16.5. The molecule has 1 aromatic rings. The van der Waals surface area contributed by atoms with Gasteiger partial charge in [0.1, 0.15) is 6.54 Å². The average Bonchev–Trinajstić information content (AvgIpc) is 2.50. The molecule has 0 unspecified atom stereocenters. The molecule has 11 heavy (non-hydrogen) atoms. The van der Waals surface area contributed by atoms with E-state index >= 15 is 0 Å². The van der Waals surface area contributed by atoms with Gasteiger partial charge < -0.3 is 4.74 Å². The van der Waals surface area contributed by atoms with Crippen molar-refractivity contribution >= 4 is 0 Å². The number of hydrogen-bond acceptors (Lipinski definition) is 1. The highest BCUT2D eigenvalue weighted by Gasteiger charge is 2.13. The van der Waals surface area contributed by atoms with Gasteiger partial charge in [-0.05, 0) is 12.5 Å². The Kier molecular flexibility index (Phi) is 1.62. The van der Waals surface area contributed by atoms with Crippen molar-refractivity contribution in [2.45, 2.75) is 26.7 Å². The molecule has 0 saturated carbocycles. The number of nitrogens with zero attached hydrogens (tertiary/aromatic N) is 1. The molecule has 0 N–H and O–H groups in total. The molecule has 2 heterocycles. The Morgan fingerprint density at radius 1 is 1.45 bits per heavy atom. The van der Waals surface area contributed by atoms with Crippen LogP contribution in [0.2, 0.25) is 0 Å². The average molecular weight is 150 g/mol. The maximum absolute atomic E-state index is 5.30. The SMILES string of the molecule is CC[n+]1ccc2c(c1)COC2. The molecule has 1 aromatic heterocycles. The molecule has 0 spiro atoms. The fourth-order valence-corrected chi connectivity index (χ4v) is 1.36. The molecule has 0 fully saturated rings. The number of aromatic nitrogens is 1. The number of hydrogen-bond donors (Lipinski definition) is 0. The number of ether oxygens (including phenoxy) is 1. The zero-order valence-corrected chi connectivity index (χ0v) is 6.71. The van der Waals surface area contributed by atoms with Gasteiger partial charge in [0.25, 0.3) is 0 Å². The molecule has 2 heteroatoms. The van der Waals surface area contributed by atoms with Crippen molar-refractivity contribution in [3.63, 3.8) is 0 Å². The minimum absolute atomic E-state index is 0.788. The van der Waals surface area contributed by atoms with Crippen LogP contribution in [0.4, 0.5) is 0 Å². The Bertz CT molecular complexity index is 270. The highest BCUT2D eigenvalue weighted by molar-refractivity contribution is 5.22. The molecular weight excluding hydrogens is 138 g/mol. The standard InChI is InChI=1S/C9H12NO/c1-2-10-4-3-8-6-11-7-9(8)5-10/h3-5H,2,6-7H2,1H3/q+1. The number of rotatable bonds is 1. The fourth-order valence-electron chi connectivity index (χ4n) is 1.36. The van der Waals surface area contributed by atoms with E-state index in [1.165, 1.54) is 11.1 Å². The fraction of sp³-hybridized carbons (Fsp3) is 0.444. The lowest BCUT2D eigenvalue weighted by Crippen LogP contribution is -2.31. The molecule has 0 radical (unpaired) electrons. The second-order valence-corrected chi connectivity index (χ2v) is 2.82. The third-order valence-electron chi connectivity index (χ3n) is 2.08. The minimum atomic E-state index is 0.788. The van der Waals surface area contributed by atoms with Crippen LogP contribution in [0.1, 0.15) is 18.1 Å². The van der Waals surface area contributed by atoms with Crippen molar-refractivity contribution < 1.29 is 9.30 Å². The van der Waals surface area contributed by atoms with Crippen molar-refractivity contribution in [3.8, 4) is 0 Å². The normalized spacial score (nSPS) is 15.0. The molecule has 0 bridgehead atoms. The molecule has 0 saturated heterocycles. The molecule has 0 aliphatic carbocycles. The zero-order valence-electron chi connectivity index (χ0n) is 6.71. The molecular formula is C9H12NO+. The summed E-state index contributed by atoms with van der Waals surface area (Å²) >= 11 is 0. The number of aryl methyl sites for hydroxylation is 1. The number of fused-ring (bicyclic) bond motifs is 1. The van der Waals surface area contributed by atoms with Crippen LogP contribution in [0.5, 0.6) is 0 Å². The van der Waals surface area contributed by atoms with Gasteiger partial charge in [-0.25, -0.2) is 4.57 Å². The van der Waals surface area contributed by atoms with Crippen molar-refractivity contribution in [3.05, 3.63) is 29.6 Å².